The van der Waals surface area contributed by atoms with Crippen LogP contribution in [0.2, 0.25) is 0 Å². The van der Waals surface area contributed by atoms with E-state index < -0.39 is 15.8 Å². The minimum Gasteiger partial charge on any atom is -0.478 e. The summed E-state index contributed by atoms with van der Waals surface area (Å²) in [5, 5.41) is 12.0. The molecule has 1 aliphatic heterocycles. The van der Waals surface area contributed by atoms with Crippen molar-refractivity contribution in [3.8, 4) is 0 Å². The molecular formula is C12H16N2O4S. The zero-order chi connectivity index (χ0) is 14.0. The average Bonchev–Trinajstić information content (AvgIpc) is 2.27. The Morgan fingerprint density at radius 3 is 2.79 bits per heavy atom. The lowest BCUT2D eigenvalue weighted by atomic mass is 10.1. The maximum Gasteiger partial charge on any atom is 0.337 e. The number of aromatic nitrogens is 1. The Balaban J connectivity index is 2.11. The van der Waals surface area contributed by atoms with Crippen LogP contribution in [0.5, 0.6) is 0 Å². The predicted molar refractivity (Wildman–Crippen MR) is 71.2 cm³/mol. The molecule has 7 heteroatoms. The molecule has 0 spiro atoms. The highest BCUT2D eigenvalue weighted by Crippen LogP contribution is 2.17. The number of hydrogen-bond acceptors (Lipinski definition) is 5. The van der Waals surface area contributed by atoms with E-state index in [0.29, 0.717) is 17.9 Å². The van der Waals surface area contributed by atoms with Gasteiger partial charge in [-0.15, -0.1) is 0 Å². The van der Waals surface area contributed by atoms with Gasteiger partial charge in [0.2, 0.25) is 0 Å². The Hall–Kier alpha value is -1.63. The van der Waals surface area contributed by atoms with E-state index in [4.69, 9.17) is 5.11 Å². The number of rotatable bonds is 3. The lowest BCUT2D eigenvalue weighted by Crippen LogP contribution is -2.35. The Morgan fingerprint density at radius 1 is 1.47 bits per heavy atom. The van der Waals surface area contributed by atoms with E-state index >= 15 is 0 Å². The van der Waals surface area contributed by atoms with Crippen LogP contribution in [-0.2, 0) is 9.84 Å². The van der Waals surface area contributed by atoms with E-state index in [-0.39, 0.29) is 23.1 Å². The molecule has 1 saturated heterocycles. The Bertz CT molecular complexity index is 598. The predicted octanol–water partition coefficient (Wildman–Crippen LogP) is 1.08. The van der Waals surface area contributed by atoms with Crippen molar-refractivity contribution in [2.24, 2.45) is 0 Å². The number of pyridine rings is 1. The van der Waals surface area contributed by atoms with E-state index in [9.17, 15) is 13.2 Å². The summed E-state index contributed by atoms with van der Waals surface area (Å²) in [6.07, 6.45) is 1.42. The number of sulfone groups is 1. The first-order valence-electron chi connectivity index (χ1n) is 6.05. The first-order valence-corrected chi connectivity index (χ1v) is 7.87. The molecule has 2 heterocycles. The van der Waals surface area contributed by atoms with Gasteiger partial charge in [0.05, 0.1) is 22.8 Å². The molecule has 1 aromatic rings. The van der Waals surface area contributed by atoms with E-state index in [1.165, 1.54) is 6.07 Å². The maximum absolute atomic E-state index is 11.5. The van der Waals surface area contributed by atoms with Crippen molar-refractivity contribution in [1.82, 2.24) is 4.98 Å². The van der Waals surface area contributed by atoms with Crippen LogP contribution in [0.15, 0.2) is 12.1 Å². The van der Waals surface area contributed by atoms with Crippen molar-refractivity contribution < 1.29 is 18.3 Å². The quantitative estimate of drug-likeness (QED) is 0.862. The van der Waals surface area contributed by atoms with Crippen LogP contribution in [0.4, 0.5) is 5.82 Å². The fourth-order valence-corrected chi connectivity index (χ4v) is 3.85. The number of anilines is 1. The fourth-order valence-electron chi connectivity index (χ4n) is 2.21. The topological polar surface area (TPSA) is 96.4 Å². The molecule has 19 heavy (non-hydrogen) atoms. The van der Waals surface area contributed by atoms with E-state index in [2.05, 4.69) is 10.3 Å². The summed E-state index contributed by atoms with van der Waals surface area (Å²) in [6, 6.07) is 2.89. The van der Waals surface area contributed by atoms with Gasteiger partial charge in [0.15, 0.2) is 9.84 Å². The summed E-state index contributed by atoms with van der Waals surface area (Å²) in [7, 11) is -2.97. The maximum atomic E-state index is 11.5. The van der Waals surface area contributed by atoms with Crippen molar-refractivity contribution in [3.05, 3.63) is 23.4 Å². The van der Waals surface area contributed by atoms with Gasteiger partial charge >= 0.3 is 5.97 Å². The summed E-state index contributed by atoms with van der Waals surface area (Å²) in [5.74, 6) is -0.148. The molecule has 0 bridgehead atoms. The molecule has 1 unspecified atom stereocenters. The third kappa shape index (κ3) is 3.44. The van der Waals surface area contributed by atoms with Gasteiger partial charge in [0.1, 0.15) is 5.82 Å². The van der Waals surface area contributed by atoms with Gasteiger partial charge in [-0.3, -0.25) is 0 Å². The number of carboxylic acids is 1. The van der Waals surface area contributed by atoms with E-state index in [0.717, 1.165) is 6.42 Å². The van der Waals surface area contributed by atoms with Crippen LogP contribution in [0, 0.1) is 6.92 Å². The fraction of sp³-hybridized carbons (Fsp3) is 0.500. The molecule has 1 atom stereocenters. The molecule has 6 nitrogen and oxygen atoms in total. The molecule has 1 aromatic heterocycles. The van der Waals surface area contributed by atoms with Crippen molar-refractivity contribution >= 4 is 21.6 Å². The SMILES string of the molecule is Cc1nc(NC2CCCS(=O)(=O)C2)ccc1C(=O)O. The largest absolute Gasteiger partial charge is 0.478 e. The standard InChI is InChI=1S/C12H16N2O4S/c1-8-10(12(15)16)4-5-11(13-8)14-9-3-2-6-19(17,18)7-9/h4-5,9H,2-3,6-7H2,1H3,(H,13,14)(H,15,16). The highest BCUT2D eigenvalue weighted by atomic mass is 32.2. The second-order valence-electron chi connectivity index (χ2n) is 4.73. The number of carboxylic acid groups (broad SMARTS) is 1. The summed E-state index contributed by atoms with van der Waals surface area (Å²) in [6.45, 7) is 1.62. The van der Waals surface area contributed by atoms with Crippen LogP contribution in [-0.4, -0.2) is 42.0 Å². The Labute approximate surface area is 111 Å². The van der Waals surface area contributed by atoms with Gasteiger partial charge in [0.25, 0.3) is 0 Å². The minimum absolute atomic E-state index is 0.106. The number of aryl methyl sites for hydroxylation is 1. The minimum atomic E-state index is -2.97. The van der Waals surface area contributed by atoms with Crippen LogP contribution in [0.3, 0.4) is 0 Å². The molecule has 1 aliphatic rings. The van der Waals surface area contributed by atoms with Crippen LogP contribution < -0.4 is 5.32 Å². The Kier molecular flexibility index (Phi) is 3.75. The zero-order valence-corrected chi connectivity index (χ0v) is 11.4. The third-order valence-corrected chi connectivity index (χ3v) is 4.95. The van der Waals surface area contributed by atoms with Gasteiger partial charge in [-0.2, -0.15) is 0 Å². The van der Waals surface area contributed by atoms with Gasteiger partial charge < -0.3 is 10.4 Å². The molecular weight excluding hydrogens is 268 g/mol. The molecule has 2 N–H and O–H groups in total. The molecule has 0 aromatic carbocycles. The first kappa shape index (κ1) is 13.8. The van der Waals surface area contributed by atoms with Crippen LogP contribution >= 0.6 is 0 Å². The van der Waals surface area contributed by atoms with Gasteiger partial charge in [-0.1, -0.05) is 0 Å². The molecule has 104 valence electrons. The Morgan fingerprint density at radius 2 is 2.21 bits per heavy atom. The highest BCUT2D eigenvalue weighted by molar-refractivity contribution is 7.91. The summed E-state index contributed by atoms with van der Waals surface area (Å²) >= 11 is 0. The highest BCUT2D eigenvalue weighted by Gasteiger charge is 2.24. The smallest absolute Gasteiger partial charge is 0.337 e. The molecule has 0 radical (unpaired) electrons. The van der Waals surface area contributed by atoms with Gasteiger partial charge in [-0.05, 0) is 31.9 Å². The van der Waals surface area contributed by atoms with Crippen molar-refractivity contribution in [3.63, 3.8) is 0 Å². The zero-order valence-electron chi connectivity index (χ0n) is 10.6. The number of hydrogen-bond donors (Lipinski definition) is 2. The van der Waals surface area contributed by atoms with Gasteiger partial charge in [0, 0.05) is 6.04 Å². The van der Waals surface area contributed by atoms with Crippen molar-refractivity contribution in [2.75, 3.05) is 16.8 Å². The van der Waals surface area contributed by atoms with Gasteiger partial charge in [-0.25, -0.2) is 18.2 Å². The average molecular weight is 284 g/mol. The normalized spacial score (nSPS) is 21.8. The second kappa shape index (κ2) is 5.16. The number of nitrogens with one attached hydrogen (secondary N) is 1. The molecule has 0 saturated carbocycles. The second-order valence-corrected chi connectivity index (χ2v) is 6.96. The molecule has 2 rings (SSSR count). The van der Waals surface area contributed by atoms with E-state index in [1.807, 2.05) is 0 Å². The number of nitrogens with zero attached hydrogens (tertiary/aromatic N) is 1. The van der Waals surface area contributed by atoms with Crippen LogP contribution in [0.25, 0.3) is 0 Å². The molecule has 0 amide bonds. The van der Waals surface area contributed by atoms with E-state index in [1.54, 1.807) is 13.0 Å². The van der Waals surface area contributed by atoms with Crippen molar-refractivity contribution in [1.29, 1.82) is 0 Å². The number of carbonyl (C=O) groups is 1. The lowest BCUT2D eigenvalue weighted by Gasteiger charge is -2.23. The van der Waals surface area contributed by atoms with Crippen LogP contribution in [0.1, 0.15) is 28.9 Å². The molecule has 1 fully saturated rings. The lowest BCUT2D eigenvalue weighted by molar-refractivity contribution is 0.0695. The summed E-state index contributed by atoms with van der Waals surface area (Å²) in [5.41, 5.74) is 0.568. The summed E-state index contributed by atoms with van der Waals surface area (Å²) < 4.78 is 23.0. The van der Waals surface area contributed by atoms with Crippen molar-refractivity contribution in [2.45, 2.75) is 25.8 Å². The monoisotopic (exact) mass is 284 g/mol. The molecule has 0 aliphatic carbocycles. The number of aromatic carboxylic acids is 1. The third-order valence-electron chi connectivity index (χ3n) is 3.13. The first-order chi connectivity index (χ1) is 8.87. The summed E-state index contributed by atoms with van der Waals surface area (Å²) in [4.78, 5) is 15.0.